The van der Waals surface area contributed by atoms with Gasteiger partial charge in [0, 0.05) is 19.0 Å². The summed E-state index contributed by atoms with van der Waals surface area (Å²) in [6, 6.07) is 5.12. The number of carbonyl (C=O) groups is 2. The second-order valence-electron chi connectivity index (χ2n) is 4.74. The van der Waals surface area contributed by atoms with E-state index in [1.54, 1.807) is 18.2 Å². The van der Waals surface area contributed by atoms with Gasteiger partial charge in [-0.05, 0) is 24.1 Å². The number of benzene rings is 1. The van der Waals surface area contributed by atoms with Gasteiger partial charge in [-0.25, -0.2) is 0 Å². The summed E-state index contributed by atoms with van der Waals surface area (Å²) >= 11 is 0. The van der Waals surface area contributed by atoms with Crippen molar-refractivity contribution in [3.05, 3.63) is 18.2 Å². The van der Waals surface area contributed by atoms with Crippen molar-refractivity contribution in [2.24, 2.45) is 5.92 Å². The molecule has 0 unspecified atom stereocenters. The highest BCUT2D eigenvalue weighted by Crippen LogP contribution is 2.27. The fraction of sp³-hybridized carbons (Fsp3) is 0.429. The Kier molecular flexibility index (Phi) is 5.36. The van der Waals surface area contributed by atoms with Gasteiger partial charge in [-0.1, -0.05) is 13.8 Å². The van der Waals surface area contributed by atoms with Crippen molar-refractivity contribution in [3.8, 4) is 5.75 Å². The van der Waals surface area contributed by atoms with Crippen LogP contribution in [0.5, 0.6) is 5.75 Å². The molecule has 0 saturated heterocycles. The largest absolute Gasteiger partial charge is 0.495 e. The van der Waals surface area contributed by atoms with Crippen LogP contribution in [0.25, 0.3) is 0 Å². The van der Waals surface area contributed by atoms with Gasteiger partial charge in [-0.15, -0.1) is 0 Å². The fourth-order valence-corrected chi connectivity index (χ4v) is 1.66. The molecule has 0 heterocycles. The molecule has 5 nitrogen and oxygen atoms in total. The normalized spacial score (nSPS) is 10.2. The van der Waals surface area contributed by atoms with E-state index >= 15 is 0 Å². The molecule has 0 saturated carbocycles. The lowest BCUT2D eigenvalue weighted by molar-refractivity contribution is -0.117. The molecule has 0 aliphatic rings. The fourth-order valence-electron chi connectivity index (χ4n) is 1.66. The van der Waals surface area contributed by atoms with Gasteiger partial charge in [-0.3, -0.25) is 9.59 Å². The molecule has 2 amide bonds. The van der Waals surface area contributed by atoms with E-state index in [2.05, 4.69) is 10.6 Å². The Balaban J connectivity index is 2.85. The molecule has 0 fully saturated rings. The number of ether oxygens (including phenoxy) is 1. The second kappa shape index (κ2) is 6.78. The third-order valence-electron chi connectivity index (χ3n) is 2.39. The highest BCUT2D eigenvalue weighted by molar-refractivity contribution is 5.94. The molecule has 0 aliphatic heterocycles. The van der Waals surface area contributed by atoms with Gasteiger partial charge in [0.05, 0.1) is 12.8 Å². The minimum atomic E-state index is -0.191. The van der Waals surface area contributed by atoms with Crippen LogP contribution in [-0.4, -0.2) is 18.9 Å². The quantitative estimate of drug-likeness (QED) is 0.859. The number of anilines is 2. The molecule has 0 spiro atoms. The summed E-state index contributed by atoms with van der Waals surface area (Å²) in [4.78, 5) is 22.8. The third kappa shape index (κ3) is 4.99. The number of nitrogens with one attached hydrogen (secondary N) is 2. The van der Waals surface area contributed by atoms with Crippen molar-refractivity contribution < 1.29 is 14.3 Å². The minimum Gasteiger partial charge on any atom is -0.495 e. The zero-order valence-electron chi connectivity index (χ0n) is 11.7. The van der Waals surface area contributed by atoms with Gasteiger partial charge in [0.1, 0.15) is 5.75 Å². The van der Waals surface area contributed by atoms with Crippen LogP contribution in [0, 0.1) is 5.92 Å². The third-order valence-corrected chi connectivity index (χ3v) is 2.39. The average Bonchev–Trinajstić information content (AvgIpc) is 2.27. The van der Waals surface area contributed by atoms with Crippen molar-refractivity contribution in [2.75, 3.05) is 17.7 Å². The van der Waals surface area contributed by atoms with Crippen molar-refractivity contribution in [1.82, 2.24) is 0 Å². The van der Waals surface area contributed by atoms with Crippen LogP contribution in [0.2, 0.25) is 0 Å². The summed E-state index contributed by atoms with van der Waals surface area (Å²) in [7, 11) is 1.53. The molecule has 1 rings (SSSR count). The Morgan fingerprint density at radius 1 is 1.26 bits per heavy atom. The lowest BCUT2D eigenvalue weighted by atomic mass is 10.1. The average molecular weight is 264 g/mol. The second-order valence-corrected chi connectivity index (χ2v) is 4.74. The zero-order valence-corrected chi connectivity index (χ0v) is 11.7. The van der Waals surface area contributed by atoms with Crippen LogP contribution in [0.15, 0.2) is 18.2 Å². The maximum Gasteiger partial charge on any atom is 0.224 e. The summed E-state index contributed by atoms with van der Waals surface area (Å²) < 4.78 is 5.14. The summed E-state index contributed by atoms with van der Waals surface area (Å²) in [5, 5.41) is 5.46. The van der Waals surface area contributed by atoms with Crippen molar-refractivity contribution in [1.29, 1.82) is 0 Å². The first kappa shape index (κ1) is 15.0. The Morgan fingerprint density at radius 3 is 2.47 bits per heavy atom. The number of rotatable bonds is 5. The maximum absolute atomic E-state index is 11.7. The summed E-state index contributed by atoms with van der Waals surface area (Å²) in [6.07, 6.45) is 0.460. The SMILES string of the molecule is COc1ccc(NC(=O)CC(C)C)cc1NC(C)=O. The smallest absolute Gasteiger partial charge is 0.224 e. The summed E-state index contributed by atoms with van der Waals surface area (Å²) in [6.45, 7) is 5.39. The lowest BCUT2D eigenvalue weighted by Gasteiger charge is -2.12. The highest BCUT2D eigenvalue weighted by atomic mass is 16.5. The van der Waals surface area contributed by atoms with E-state index in [1.807, 2.05) is 13.8 Å². The number of carbonyl (C=O) groups excluding carboxylic acids is 2. The van der Waals surface area contributed by atoms with Crippen LogP contribution in [-0.2, 0) is 9.59 Å². The van der Waals surface area contributed by atoms with Crippen LogP contribution < -0.4 is 15.4 Å². The van der Waals surface area contributed by atoms with E-state index in [0.717, 1.165) is 0 Å². The molecule has 19 heavy (non-hydrogen) atoms. The Hall–Kier alpha value is -2.04. The Labute approximate surface area is 113 Å². The van der Waals surface area contributed by atoms with E-state index in [4.69, 9.17) is 4.74 Å². The molecule has 5 heteroatoms. The van der Waals surface area contributed by atoms with Crippen LogP contribution in [0.3, 0.4) is 0 Å². The van der Waals surface area contributed by atoms with Gasteiger partial charge < -0.3 is 15.4 Å². The Morgan fingerprint density at radius 2 is 1.95 bits per heavy atom. The van der Waals surface area contributed by atoms with Gasteiger partial charge in [0.25, 0.3) is 0 Å². The molecule has 0 atom stereocenters. The van der Waals surface area contributed by atoms with E-state index in [1.165, 1.54) is 14.0 Å². The van der Waals surface area contributed by atoms with Gasteiger partial charge in [0.15, 0.2) is 0 Å². The van der Waals surface area contributed by atoms with E-state index in [9.17, 15) is 9.59 Å². The summed E-state index contributed by atoms with van der Waals surface area (Å²) in [5.41, 5.74) is 1.17. The molecule has 0 bridgehead atoms. The minimum absolute atomic E-state index is 0.0473. The van der Waals surface area contributed by atoms with Gasteiger partial charge in [0.2, 0.25) is 11.8 Å². The predicted octanol–water partition coefficient (Wildman–Crippen LogP) is 2.64. The van der Waals surface area contributed by atoms with Crippen LogP contribution in [0.4, 0.5) is 11.4 Å². The molecule has 0 aromatic heterocycles. The number of amides is 2. The highest BCUT2D eigenvalue weighted by Gasteiger charge is 2.09. The molecule has 0 radical (unpaired) electrons. The number of hydrogen-bond donors (Lipinski definition) is 2. The van der Waals surface area contributed by atoms with Crippen LogP contribution in [0.1, 0.15) is 27.2 Å². The molecule has 104 valence electrons. The lowest BCUT2D eigenvalue weighted by Crippen LogP contribution is -2.14. The monoisotopic (exact) mass is 264 g/mol. The van der Waals surface area contributed by atoms with Crippen LogP contribution >= 0.6 is 0 Å². The van der Waals surface area contributed by atoms with E-state index in [0.29, 0.717) is 29.5 Å². The first-order valence-electron chi connectivity index (χ1n) is 6.18. The van der Waals surface area contributed by atoms with Crippen molar-refractivity contribution >= 4 is 23.2 Å². The molecule has 1 aromatic rings. The van der Waals surface area contributed by atoms with E-state index < -0.39 is 0 Å². The Bertz CT molecular complexity index is 470. The van der Waals surface area contributed by atoms with Crippen molar-refractivity contribution in [2.45, 2.75) is 27.2 Å². The summed E-state index contributed by atoms with van der Waals surface area (Å²) in [5.74, 6) is 0.614. The topological polar surface area (TPSA) is 67.4 Å². The number of methoxy groups -OCH3 is 1. The first-order chi connectivity index (χ1) is 8.92. The molecular formula is C14H20N2O3. The number of hydrogen-bond acceptors (Lipinski definition) is 3. The molecule has 1 aromatic carbocycles. The predicted molar refractivity (Wildman–Crippen MR) is 75.4 cm³/mol. The van der Waals surface area contributed by atoms with Gasteiger partial charge >= 0.3 is 0 Å². The molecular weight excluding hydrogens is 244 g/mol. The van der Waals surface area contributed by atoms with Crippen molar-refractivity contribution in [3.63, 3.8) is 0 Å². The molecule has 0 aliphatic carbocycles. The molecule has 2 N–H and O–H groups in total. The van der Waals surface area contributed by atoms with Gasteiger partial charge in [-0.2, -0.15) is 0 Å². The maximum atomic E-state index is 11.7. The first-order valence-corrected chi connectivity index (χ1v) is 6.18. The zero-order chi connectivity index (χ0) is 14.4. The standard InChI is InChI=1S/C14H20N2O3/c1-9(2)7-14(18)16-11-5-6-13(19-4)12(8-11)15-10(3)17/h5-6,8-9H,7H2,1-4H3,(H,15,17)(H,16,18). The van der Waals surface area contributed by atoms with E-state index in [-0.39, 0.29) is 11.8 Å².